The first-order valence-electron chi connectivity index (χ1n) is 6.36. The van der Waals surface area contributed by atoms with E-state index in [0.717, 1.165) is 31.1 Å². The Labute approximate surface area is 106 Å². The number of hydrogen-bond acceptors (Lipinski definition) is 5. The first-order chi connectivity index (χ1) is 8.77. The number of nitrogens with zero attached hydrogens (tertiary/aromatic N) is 1. The van der Waals surface area contributed by atoms with Crippen molar-refractivity contribution in [3.8, 4) is 17.2 Å². The summed E-state index contributed by atoms with van der Waals surface area (Å²) in [6, 6.07) is 3.76. The van der Waals surface area contributed by atoms with Gasteiger partial charge in [-0.25, -0.2) is 0 Å². The highest BCUT2D eigenvalue weighted by Crippen LogP contribution is 2.46. The second kappa shape index (κ2) is 4.57. The Morgan fingerprint density at radius 2 is 2.17 bits per heavy atom. The molecule has 5 heteroatoms. The summed E-state index contributed by atoms with van der Waals surface area (Å²) >= 11 is 0. The molecule has 0 amide bonds. The molecular weight excluding hydrogens is 232 g/mol. The van der Waals surface area contributed by atoms with E-state index in [1.54, 1.807) is 12.1 Å². The summed E-state index contributed by atoms with van der Waals surface area (Å²) in [5.74, 6) is 1.66. The lowest BCUT2D eigenvalue weighted by Crippen LogP contribution is -2.50. The Morgan fingerprint density at radius 3 is 3.00 bits per heavy atom. The van der Waals surface area contributed by atoms with Gasteiger partial charge in [0.15, 0.2) is 11.5 Å². The zero-order chi connectivity index (χ0) is 12.5. The van der Waals surface area contributed by atoms with Gasteiger partial charge >= 0.3 is 0 Å². The molecule has 1 fully saturated rings. The van der Waals surface area contributed by atoms with Gasteiger partial charge in [0.1, 0.15) is 24.7 Å². The zero-order valence-corrected chi connectivity index (χ0v) is 10.5. The number of piperazine rings is 1. The lowest BCUT2D eigenvalue weighted by Gasteiger charge is -2.37. The summed E-state index contributed by atoms with van der Waals surface area (Å²) in [6.45, 7) is 5.90. The van der Waals surface area contributed by atoms with Gasteiger partial charge in [-0.1, -0.05) is 0 Å². The Balaban J connectivity index is 2.04. The molecule has 0 saturated carbocycles. The number of phenolic OH excluding ortho intramolecular Hbond substituents is 1. The number of hydrogen-bond donors (Lipinski definition) is 2. The number of anilines is 1. The van der Waals surface area contributed by atoms with Crippen LogP contribution >= 0.6 is 0 Å². The molecule has 5 nitrogen and oxygen atoms in total. The number of fused-ring (bicyclic) bond motifs is 1. The fourth-order valence-electron chi connectivity index (χ4n) is 2.54. The molecule has 0 aromatic heterocycles. The summed E-state index contributed by atoms with van der Waals surface area (Å²) in [5, 5.41) is 13.5. The van der Waals surface area contributed by atoms with Gasteiger partial charge in [0.25, 0.3) is 0 Å². The maximum Gasteiger partial charge on any atom is 0.188 e. The number of rotatable bonds is 1. The Morgan fingerprint density at radius 1 is 1.33 bits per heavy atom. The fourth-order valence-corrected chi connectivity index (χ4v) is 2.54. The van der Waals surface area contributed by atoms with Crippen LogP contribution < -0.4 is 19.7 Å². The van der Waals surface area contributed by atoms with Gasteiger partial charge in [-0.3, -0.25) is 0 Å². The molecule has 1 saturated heterocycles. The van der Waals surface area contributed by atoms with E-state index in [9.17, 15) is 5.11 Å². The van der Waals surface area contributed by atoms with Crippen LogP contribution in [0.3, 0.4) is 0 Å². The fraction of sp³-hybridized carbons (Fsp3) is 0.538. The Hall–Kier alpha value is -1.62. The molecule has 18 heavy (non-hydrogen) atoms. The third-order valence-electron chi connectivity index (χ3n) is 3.45. The molecule has 1 aromatic rings. The average Bonchev–Trinajstić information content (AvgIpc) is 2.40. The molecular formula is C13H18N2O3. The molecule has 0 spiro atoms. The molecule has 0 bridgehead atoms. The van der Waals surface area contributed by atoms with Crippen molar-refractivity contribution >= 4 is 5.69 Å². The Bertz CT molecular complexity index is 450. The largest absolute Gasteiger partial charge is 0.506 e. The van der Waals surface area contributed by atoms with Gasteiger partial charge in [0.05, 0.1) is 0 Å². The van der Waals surface area contributed by atoms with E-state index in [2.05, 4.69) is 17.1 Å². The number of ether oxygens (including phenoxy) is 2. The van der Waals surface area contributed by atoms with E-state index in [1.807, 2.05) is 0 Å². The van der Waals surface area contributed by atoms with Gasteiger partial charge in [0.2, 0.25) is 0 Å². The van der Waals surface area contributed by atoms with Crippen molar-refractivity contribution in [2.45, 2.75) is 13.0 Å². The van der Waals surface area contributed by atoms with Crippen LogP contribution in [0.4, 0.5) is 5.69 Å². The van der Waals surface area contributed by atoms with Crippen molar-refractivity contribution in [2.24, 2.45) is 0 Å². The van der Waals surface area contributed by atoms with Gasteiger partial charge in [0, 0.05) is 25.7 Å². The van der Waals surface area contributed by atoms with Crippen molar-refractivity contribution in [1.29, 1.82) is 0 Å². The lowest BCUT2D eigenvalue weighted by atomic mass is 10.1. The third kappa shape index (κ3) is 1.84. The Kier molecular flexibility index (Phi) is 2.91. The summed E-state index contributed by atoms with van der Waals surface area (Å²) in [7, 11) is 0. The minimum atomic E-state index is 0.257. The van der Waals surface area contributed by atoms with Crippen molar-refractivity contribution in [2.75, 3.05) is 37.7 Å². The van der Waals surface area contributed by atoms with E-state index >= 15 is 0 Å². The van der Waals surface area contributed by atoms with Crippen LogP contribution in [-0.2, 0) is 0 Å². The van der Waals surface area contributed by atoms with Gasteiger partial charge in [-0.05, 0) is 19.1 Å². The summed E-state index contributed by atoms with van der Waals surface area (Å²) in [5.41, 5.74) is 0.765. The van der Waals surface area contributed by atoms with Crippen LogP contribution in [0.2, 0.25) is 0 Å². The van der Waals surface area contributed by atoms with Crippen molar-refractivity contribution in [3.63, 3.8) is 0 Å². The van der Waals surface area contributed by atoms with Gasteiger partial charge < -0.3 is 24.8 Å². The molecule has 2 heterocycles. The van der Waals surface area contributed by atoms with Crippen LogP contribution in [0.1, 0.15) is 6.92 Å². The van der Waals surface area contributed by atoms with Crippen LogP contribution in [0.5, 0.6) is 17.2 Å². The van der Waals surface area contributed by atoms with Crippen LogP contribution in [0, 0.1) is 0 Å². The smallest absolute Gasteiger partial charge is 0.188 e. The van der Waals surface area contributed by atoms with Crippen molar-refractivity contribution in [1.82, 2.24) is 5.32 Å². The predicted octanol–water partition coefficient (Wildman–Crippen LogP) is 0.961. The first-order valence-corrected chi connectivity index (χ1v) is 6.36. The molecule has 98 valence electrons. The standard InChI is InChI=1S/C13H18N2O3/c1-9-8-14-4-5-15(9)12-10(16)2-3-11-13(12)18-7-6-17-11/h2-3,9,14,16H,4-8H2,1H3. The molecule has 0 aliphatic carbocycles. The number of nitrogens with one attached hydrogen (secondary N) is 1. The van der Waals surface area contributed by atoms with Crippen molar-refractivity contribution < 1.29 is 14.6 Å². The first kappa shape index (κ1) is 11.5. The minimum absolute atomic E-state index is 0.257. The predicted molar refractivity (Wildman–Crippen MR) is 68.8 cm³/mol. The maximum atomic E-state index is 10.1. The highest BCUT2D eigenvalue weighted by Gasteiger charge is 2.28. The van der Waals surface area contributed by atoms with Crippen LogP contribution in [0.15, 0.2) is 12.1 Å². The molecule has 2 aliphatic heterocycles. The number of benzene rings is 1. The minimum Gasteiger partial charge on any atom is -0.506 e. The monoisotopic (exact) mass is 250 g/mol. The van der Waals surface area contributed by atoms with Crippen LogP contribution in [-0.4, -0.2) is 44.0 Å². The van der Waals surface area contributed by atoms with Crippen LogP contribution in [0.25, 0.3) is 0 Å². The number of aromatic hydroxyl groups is 1. The van der Waals surface area contributed by atoms with Gasteiger partial charge in [-0.15, -0.1) is 0 Å². The second-order valence-electron chi connectivity index (χ2n) is 4.70. The SMILES string of the molecule is CC1CNCCN1c1c(O)ccc2c1OCCO2. The topological polar surface area (TPSA) is 54.0 Å². The highest BCUT2D eigenvalue weighted by molar-refractivity contribution is 5.73. The molecule has 1 aromatic carbocycles. The summed E-state index contributed by atoms with van der Waals surface area (Å²) < 4.78 is 11.3. The third-order valence-corrected chi connectivity index (χ3v) is 3.45. The summed E-state index contributed by atoms with van der Waals surface area (Å²) in [6.07, 6.45) is 0. The van der Waals surface area contributed by atoms with E-state index in [-0.39, 0.29) is 5.75 Å². The van der Waals surface area contributed by atoms with E-state index < -0.39 is 0 Å². The van der Waals surface area contributed by atoms with Crippen molar-refractivity contribution in [3.05, 3.63) is 12.1 Å². The van der Waals surface area contributed by atoms with E-state index in [1.165, 1.54) is 0 Å². The number of phenols is 1. The second-order valence-corrected chi connectivity index (χ2v) is 4.70. The maximum absolute atomic E-state index is 10.1. The molecule has 1 atom stereocenters. The molecule has 3 rings (SSSR count). The summed E-state index contributed by atoms with van der Waals surface area (Å²) in [4.78, 5) is 2.18. The molecule has 0 radical (unpaired) electrons. The highest BCUT2D eigenvalue weighted by atomic mass is 16.6. The quantitative estimate of drug-likeness (QED) is 0.777. The van der Waals surface area contributed by atoms with Gasteiger partial charge in [-0.2, -0.15) is 0 Å². The van der Waals surface area contributed by atoms with E-state index in [4.69, 9.17) is 9.47 Å². The normalized spacial score (nSPS) is 22.9. The zero-order valence-electron chi connectivity index (χ0n) is 10.5. The van der Waals surface area contributed by atoms with E-state index in [0.29, 0.717) is 25.0 Å². The molecule has 2 N–H and O–H groups in total. The average molecular weight is 250 g/mol. The molecule has 2 aliphatic rings. The molecule has 1 unspecified atom stereocenters. The lowest BCUT2D eigenvalue weighted by molar-refractivity contribution is 0.171.